The molecule has 0 saturated carbocycles. The van der Waals surface area contributed by atoms with Crippen LogP contribution in [0.1, 0.15) is 17.2 Å². The van der Waals surface area contributed by atoms with E-state index < -0.39 is 17.7 Å². The topological polar surface area (TPSA) is 90.3 Å². The van der Waals surface area contributed by atoms with Gasteiger partial charge in [0.1, 0.15) is 23.9 Å². The zero-order valence-electron chi connectivity index (χ0n) is 18.2. The van der Waals surface area contributed by atoms with Crippen LogP contribution in [0.3, 0.4) is 0 Å². The van der Waals surface area contributed by atoms with Crippen molar-refractivity contribution in [2.24, 2.45) is 0 Å². The fraction of sp³-hybridized carbons (Fsp3) is 0.154. The van der Waals surface area contributed by atoms with Crippen LogP contribution in [0.5, 0.6) is 11.5 Å². The molecule has 1 atom stereocenters. The van der Waals surface area contributed by atoms with Crippen molar-refractivity contribution in [1.82, 2.24) is 0 Å². The maximum Gasteiger partial charge on any atom is 0.300 e. The first-order chi connectivity index (χ1) is 16.3. The van der Waals surface area contributed by atoms with E-state index in [1.165, 1.54) is 17.0 Å². The number of aliphatic hydroxyl groups is 1. The average Bonchev–Trinajstić information content (AvgIpc) is 3.10. The average molecular weight is 477 g/mol. The fourth-order valence-electron chi connectivity index (χ4n) is 4.33. The molecule has 2 aliphatic heterocycles. The number of nitrogens with zero attached hydrogens (tertiary/aromatic N) is 2. The Morgan fingerprint density at radius 3 is 2.44 bits per heavy atom. The molecule has 0 aromatic heterocycles. The second-order valence-corrected chi connectivity index (χ2v) is 8.63. The fourth-order valence-corrected chi connectivity index (χ4v) is 4.45. The van der Waals surface area contributed by atoms with Gasteiger partial charge in [-0.1, -0.05) is 23.7 Å². The number of hydrogen-bond donors (Lipinski definition) is 2. The molecule has 3 aromatic carbocycles. The number of amides is 1. The predicted octanol–water partition coefficient (Wildman–Crippen LogP) is 4.50. The number of anilines is 2. The SMILES string of the molecule is CN1CCOc2ccc(/C(O)=C3/C(=O)C(=O)N(c4ccc(Cl)cc4)C3c3ccc(O)cc3)cc21. The van der Waals surface area contributed by atoms with Gasteiger partial charge >= 0.3 is 0 Å². The molecule has 2 aliphatic rings. The summed E-state index contributed by atoms with van der Waals surface area (Å²) in [5.41, 5.74) is 2.16. The van der Waals surface area contributed by atoms with E-state index in [1.807, 2.05) is 11.9 Å². The molecule has 5 rings (SSSR count). The standard InChI is InChI=1S/C26H21ClN2O5/c1-28-12-13-34-21-11-4-16(14-20(21)28)24(31)22-23(15-2-9-19(30)10-3-15)29(26(33)25(22)32)18-7-5-17(27)6-8-18/h2-11,14,23,30-31H,12-13H2,1H3/b24-22-. The normalized spacial score (nSPS) is 19.2. The molecule has 0 bridgehead atoms. The molecule has 2 heterocycles. The van der Waals surface area contributed by atoms with Crippen LogP contribution in [0, 0.1) is 0 Å². The van der Waals surface area contributed by atoms with Gasteiger partial charge in [-0.2, -0.15) is 0 Å². The number of ether oxygens (including phenoxy) is 1. The lowest BCUT2D eigenvalue weighted by Gasteiger charge is -2.28. The summed E-state index contributed by atoms with van der Waals surface area (Å²) in [4.78, 5) is 29.8. The maximum absolute atomic E-state index is 13.3. The molecule has 0 radical (unpaired) electrons. The van der Waals surface area contributed by atoms with E-state index in [0.717, 1.165) is 5.69 Å². The van der Waals surface area contributed by atoms with Crippen molar-refractivity contribution < 1.29 is 24.5 Å². The Morgan fingerprint density at radius 1 is 1.03 bits per heavy atom. The molecule has 3 aromatic rings. The Labute approximate surface area is 201 Å². The number of fused-ring (bicyclic) bond motifs is 1. The van der Waals surface area contributed by atoms with Gasteiger partial charge in [0.05, 0.1) is 23.8 Å². The highest BCUT2D eigenvalue weighted by Crippen LogP contribution is 2.43. The predicted molar refractivity (Wildman–Crippen MR) is 130 cm³/mol. The summed E-state index contributed by atoms with van der Waals surface area (Å²) in [7, 11) is 1.92. The largest absolute Gasteiger partial charge is 0.508 e. The number of phenolic OH excluding ortho intramolecular Hbond substituents is 1. The number of carbonyl (C=O) groups excluding carboxylic acids is 2. The Kier molecular flexibility index (Phi) is 5.42. The number of hydrogen-bond acceptors (Lipinski definition) is 6. The summed E-state index contributed by atoms with van der Waals surface area (Å²) < 4.78 is 5.68. The van der Waals surface area contributed by atoms with Gasteiger partial charge in [0.15, 0.2) is 0 Å². The second kappa shape index (κ2) is 8.43. The van der Waals surface area contributed by atoms with Gasteiger partial charge in [0.2, 0.25) is 0 Å². The van der Waals surface area contributed by atoms with Gasteiger partial charge in [-0.3, -0.25) is 14.5 Å². The Hall–Kier alpha value is -3.97. The quantitative estimate of drug-likeness (QED) is 0.328. The van der Waals surface area contributed by atoms with Crippen molar-refractivity contribution in [2.75, 3.05) is 30.0 Å². The van der Waals surface area contributed by atoms with Gasteiger partial charge in [-0.25, -0.2) is 0 Å². The molecule has 0 spiro atoms. The van der Waals surface area contributed by atoms with Gasteiger partial charge < -0.3 is 19.8 Å². The van der Waals surface area contributed by atoms with Crippen LogP contribution in [0.25, 0.3) is 5.76 Å². The molecule has 34 heavy (non-hydrogen) atoms. The number of aliphatic hydroxyl groups excluding tert-OH is 1. The van der Waals surface area contributed by atoms with Crippen molar-refractivity contribution in [2.45, 2.75) is 6.04 Å². The molecule has 1 unspecified atom stereocenters. The van der Waals surface area contributed by atoms with Crippen molar-refractivity contribution >= 4 is 40.4 Å². The van der Waals surface area contributed by atoms with Crippen LogP contribution >= 0.6 is 11.6 Å². The first-order valence-electron chi connectivity index (χ1n) is 10.7. The molecule has 1 fully saturated rings. The van der Waals surface area contributed by atoms with Crippen LogP contribution in [0.4, 0.5) is 11.4 Å². The Balaban J connectivity index is 1.69. The molecule has 172 valence electrons. The minimum atomic E-state index is -0.896. The summed E-state index contributed by atoms with van der Waals surface area (Å²) in [5.74, 6) is -1.12. The van der Waals surface area contributed by atoms with Crippen molar-refractivity contribution in [3.63, 3.8) is 0 Å². The highest BCUT2D eigenvalue weighted by atomic mass is 35.5. The lowest BCUT2D eigenvalue weighted by Crippen LogP contribution is -2.29. The number of ketones is 1. The third-order valence-electron chi connectivity index (χ3n) is 6.09. The van der Waals surface area contributed by atoms with Crippen LogP contribution in [-0.2, 0) is 9.59 Å². The molecule has 2 N–H and O–H groups in total. The number of halogens is 1. The number of rotatable bonds is 3. The summed E-state index contributed by atoms with van der Waals surface area (Å²) in [6.07, 6.45) is 0. The van der Waals surface area contributed by atoms with E-state index in [9.17, 15) is 19.8 Å². The van der Waals surface area contributed by atoms with E-state index in [-0.39, 0.29) is 17.1 Å². The summed E-state index contributed by atoms with van der Waals surface area (Å²) in [5, 5.41) is 21.6. The van der Waals surface area contributed by atoms with E-state index in [4.69, 9.17) is 16.3 Å². The molecular formula is C26H21ClN2O5. The minimum absolute atomic E-state index is 0.0371. The number of likely N-dealkylation sites (N-methyl/N-ethyl adjacent to an activating group) is 1. The number of Topliss-reactive ketones (excluding diaryl/α,β-unsaturated/α-hetero) is 1. The monoisotopic (exact) mass is 476 g/mol. The number of benzene rings is 3. The van der Waals surface area contributed by atoms with Gasteiger partial charge in [-0.15, -0.1) is 0 Å². The van der Waals surface area contributed by atoms with E-state index in [1.54, 1.807) is 54.6 Å². The lowest BCUT2D eigenvalue weighted by atomic mass is 9.94. The highest BCUT2D eigenvalue weighted by molar-refractivity contribution is 6.51. The third kappa shape index (κ3) is 3.64. The van der Waals surface area contributed by atoms with Crippen LogP contribution in [-0.4, -0.2) is 42.1 Å². The zero-order valence-corrected chi connectivity index (χ0v) is 19.0. The minimum Gasteiger partial charge on any atom is -0.508 e. The maximum atomic E-state index is 13.3. The summed E-state index contributed by atoms with van der Waals surface area (Å²) in [6.45, 7) is 1.24. The number of phenols is 1. The summed E-state index contributed by atoms with van der Waals surface area (Å²) in [6, 6.07) is 17.0. The molecule has 1 amide bonds. The smallest absolute Gasteiger partial charge is 0.300 e. The first-order valence-corrected chi connectivity index (χ1v) is 11.1. The van der Waals surface area contributed by atoms with E-state index >= 15 is 0 Å². The molecule has 0 aliphatic carbocycles. The third-order valence-corrected chi connectivity index (χ3v) is 6.34. The van der Waals surface area contributed by atoms with Crippen molar-refractivity contribution in [3.8, 4) is 11.5 Å². The number of aromatic hydroxyl groups is 1. The van der Waals surface area contributed by atoms with Gasteiger partial charge in [-0.05, 0) is 60.2 Å². The van der Waals surface area contributed by atoms with Crippen LogP contribution in [0.2, 0.25) is 5.02 Å². The molecular weight excluding hydrogens is 456 g/mol. The number of carbonyl (C=O) groups is 2. The van der Waals surface area contributed by atoms with Crippen LogP contribution in [0.15, 0.2) is 72.3 Å². The molecule has 1 saturated heterocycles. The van der Waals surface area contributed by atoms with E-state index in [2.05, 4.69) is 0 Å². The first kappa shape index (κ1) is 21.9. The zero-order chi connectivity index (χ0) is 24.0. The Bertz CT molecular complexity index is 1320. The highest BCUT2D eigenvalue weighted by Gasteiger charge is 2.47. The van der Waals surface area contributed by atoms with Crippen molar-refractivity contribution in [3.05, 3.63) is 88.5 Å². The van der Waals surface area contributed by atoms with Crippen LogP contribution < -0.4 is 14.5 Å². The Morgan fingerprint density at radius 2 is 1.74 bits per heavy atom. The van der Waals surface area contributed by atoms with E-state index in [0.29, 0.717) is 40.7 Å². The lowest BCUT2D eigenvalue weighted by molar-refractivity contribution is -0.132. The van der Waals surface area contributed by atoms with Gasteiger partial charge in [0.25, 0.3) is 11.7 Å². The van der Waals surface area contributed by atoms with Gasteiger partial charge in [0, 0.05) is 23.3 Å². The molecule has 7 nitrogen and oxygen atoms in total. The van der Waals surface area contributed by atoms with Crippen molar-refractivity contribution in [1.29, 1.82) is 0 Å². The molecule has 8 heteroatoms. The summed E-state index contributed by atoms with van der Waals surface area (Å²) >= 11 is 6.02. The second-order valence-electron chi connectivity index (χ2n) is 8.19.